The summed E-state index contributed by atoms with van der Waals surface area (Å²) in [4.78, 5) is 11.9. The van der Waals surface area contributed by atoms with Crippen LogP contribution in [-0.2, 0) is 19.2 Å². The molecule has 0 radical (unpaired) electrons. The molecule has 4 saturated heterocycles. The van der Waals surface area contributed by atoms with Crippen molar-refractivity contribution in [1.82, 2.24) is 5.32 Å². The van der Waals surface area contributed by atoms with E-state index in [9.17, 15) is 0 Å². The first kappa shape index (κ1) is 16.6. The molecule has 4 aliphatic heterocycles. The fraction of sp³-hybridized carbons (Fsp3) is 1.00. The minimum atomic E-state index is -0.688. The maximum absolute atomic E-state index is 6.39. The van der Waals surface area contributed by atoms with E-state index in [4.69, 9.17) is 19.2 Å². The van der Waals surface area contributed by atoms with Gasteiger partial charge in [0.2, 0.25) is 5.79 Å². The van der Waals surface area contributed by atoms with Crippen LogP contribution in [0.15, 0.2) is 0 Å². The molecule has 2 unspecified atom stereocenters. The van der Waals surface area contributed by atoms with Crippen molar-refractivity contribution in [1.29, 1.82) is 0 Å². The van der Waals surface area contributed by atoms with E-state index in [1.165, 1.54) is 6.42 Å². The van der Waals surface area contributed by atoms with E-state index in [-0.39, 0.29) is 12.5 Å². The summed E-state index contributed by atoms with van der Waals surface area (Å²) in [6, 6.07) is 0. The smallest absolute Gasteiger partial charge is 0.201 e. The molecule has 1 aliphatic carbocycles. The highest BCUT2D eigenvalue weighted by molar-refractivity contribution is 7.80. The third kappa shape index (κ3) is 2.41. The largest absolute Gasteiger partial charge is 0.331 e. The van der Waals surface area contributed by atoms with Crippen LogP contribution in [0.4, 0.5) is 0 Å². The summed E-state index contributed by atoms with van der Waals surface area (Å²) >= 11 is 4.30. The third-order valence-electron chi connectivity index (χ3n) is 6.62. The Bertz CT molecular complexity index is 466. The Labute approximate surface area is 144 Å². The molecule has 6 heteroatoms. The molecule has 4 heterocycles. The van der Waals surface area contributed by atoms with E-state index in [2.05, 4.69) is 31.8 Å². The van der Waals surface area contributed by atoms with Crippen LogP contribution in [0.1, 0.15) is 46.5 Å². The topological polar surface area (TPSA) is 49.0 Å². The minimum Gasteiger partial charge on any atom is -0.331 e. The number of ether oxygens (including phenoxy) is 2. The van der Waals surface area contributed by atoms with Crippen LogP contribution in [-0.4, -0.2) is 36.2 Å². The monoisotopic (exact) mass is 343 g/mol. The molecule has 5 aliphatic rings. The minimum absolute atomic E-state index is 0.0108. The van der Waals surface area contributed by atoms with Crippen molar-refractivity contribution in [2.45, 2.75) is 70.4 Å². The second-order valence-corrected chi connectivity index (χ2v) is 8.45. The van der Waals surface area contributed by atoms with Gasteiger partial charge in [0.05, 0.1) is 0 Å². The maximum Gasteiger partial charge on any atom is 0.201 e. The van der Waals surface area contributed by atoms with Crippen molar-refractivity contribution in [2.24, 2.45) is 23.7 Å². The molecule has 5 rings (SSSR count). The van der Waals surface area contributed by atoms with Gasteiger partial charge in [-0.05, 0) is 38.0 Å². The summed E-state index contributed by atoms with van der Waals surface area (Å²) in [5, 5.41) is 3.48. The van der Waals surface area contributed by atoms with Crippen molar-refractivity contribution in [3.05, 3.63) is 0 Å². The van der Waals surface area contributed by atoms with E-state index in [0.29, 0.717) is 23.7 Å². The molecule has 1 saturated carbocycles. The van der Waals surface area contributed by atoms with Gasteiger partial charge in [0.1, 0.15) is 6.23 Å². The first-order valence-corrected chi connectivity index (χ1v) is 9.68. The highest BCUT2D eigenvalue weighted by Crippen LogP contribution is 2.60. The Morgan fingerprint density at radius 1 is 1.13 bits per heavy atom. The molecular formula is C17H29NO4S. The molecule has 132 valence electrons. The summed E-state index contributed by atoms with van der Waals surface area (Å²) in [5.41, 5.74) is -0.452. The van der Waals surface area contributed by atoms with Gasteiger partial charge in [0.25, 0.3) is 0 Å². The molecule has 0 amide bonds. The van der Waals surface area contributed by atoms with Gasteiger partial charge in [-0.3, -0.25) is 5.32 Å². The number of rotatable bonds is 3. The van der Waals surface area contributed by atoms with Crippen molar-refractivity contribution < 1.29 is 19.2 Å². The first-order chi connectivity index (χ1) is 11.0. The van der Waals surface area contributed by atoms with E-state index < -0.39 is 11.4 Å². The summed E-state index contributed by atoms with van der Waals surface area (Å²) in [7, 11) is 0. The highest BCUT2D eigenvalue weighted by Gasteiger charge is 2.69. The number of thiol groups is 1. The lowest BCUT2D eigenvalue weighted by molar-refractivity contribution is -0.571. The molecule has 2 bridgehead atoms. The van der Waals surface area contributed by atoms with Crippen molar-refractivity contribution in [2.75, 3.05) is 12.3 Å². The Kier molecular flexibility index (Phi) is 4.23. The van der Waals surface area contributed by atoms with Gasteiger partial charge < -0.3 is 9.47 Å². The molecule has 5 nitrogen and oxygen atoms in total. The fourth-order valence-corrected chi connectivity index (χ4v) is 5.47. The standard InChI is InChI=1S/C17H29NO4S/c1-10-4-5-13-11(2)14(18-8-9-23)19-15-17(13)12(10)6-7-16(3,20-15)21-22-17/h10-15,18,23H,4-9H2,1-3H3/t10-,11-,12+,13?,14?,15-,16-,17-/m1/s1. The van der Waals surface area contributed by atoms with Crippen LogP contribution in [0.5, 0.6) is 0 Å². The lowest BCUT2D eigenvalue weighted by Crippen LogP contribution is -2.71. The van der Waals surface area contributed by atoms with Gasteiger partial charge in [-0.1, -0.05) is 13.8 Å². The van der Waals surface area contributed by atoms with E-state index in [0.717, 1.165) is 31.6 Å². The lowest BCUT2D eigenvalue weighted by Gasteiger charge is -2.60. The van der Waals surface area contributed by atoms with Gasteiger partial charge in [-0.15, -0.1) is 0 Å². The quantitative estimate of drug-likeness (QED) is 0.609. The fourth-order valence-electron chi connectivity index (χ4n) is 5.35. The second kappa shape index (κ2) is 5.85. The number of nitrogens with one attached hydrogen (secondary N) is 1. The van der Waals surface area contributed by atoms with Gasteiger partial charge >= 0.3 is 0 Å². The molecule has 23 heavy (non-hydrogen) atoms. The molecule has 5 fully saturated rings. The lowest BCUT2D eigenvalue weighted by atomic mass is 9.58. The van der Waals surface area contributed by atoms with Crippen LogP contribution < -0.4 is 5.32 Å². The van der Waals surface area contributed by atoms with Crippen LogP contribution in [0.2, 0.25) is 0 Å². The number of fused-ring (bicyclic) bond motifs is 2. The van der Waals surface area contributed by atoms with E-state index in [1.54, 1.807) is 0 Å². The van der Waals surface area contributed by atoms with Crippen molar-refractivity contribution >= 4 is 12.6 Å². The van der Waals surface area contributed by atoms with Gasteiger partial charge in [-0.2, -0.15) is 12.6 Å². The molecule has 1 N–H and O–H groups in total. The van der Waals surface area contributed by atoms with Crippen molar-refractivity contribution in [3.63, 3.8) is 0 Å². The zero-order valence-corrected chi connectivity index (χ0v) is 15.2. The van der Waals surface area contributed by atoms with E-state index in [1.807, 2.05) is 6.92 Å². The third-order valence-corrected chi connectivity index (χ3v) is 6.84. The van der Waals surface area contributed by atoms with Gasteiger partial charge in [0, 0.05) is 30.6 Å². The highest BCUT2D eigenvalue weighted by atomic mass is 32.1. The summed E-state index contributed by atoms with van der Waals surface area (Å²) in [6.07, 6.45) is 3.96. The Hall–Kier alpha value is 0.150. The second-order valence-electron chi connectivity index (χ2n) is 8.00. The molecule has 0 aromatic rings. The Morgan fingerprint density at radius 2 is 1.96 bits per heavy atom. The van der Waals surface area contributed by atoms with Gasteiger partial charge in [0.15, 0.2) is 11.9 Å². The number of hydrogen-bond acceptors (Lipinski definition) is 6. The molecule has 0 aromatic carbocycles. The normalized spacial score (nSPS) is 55.3. The van der Waals surface area contributed by atoms with Crippen molar-refractivity contribution in [3.8, 4) is 0 Å². The Balaban J connectivity index is 1.70. The maximum atomic E-state index is 6.39. The number of hydrogen-bond donors (Lipinski definition) is 2. The van der Waals surface area contributed by atoms with Crippen LogP contribution >= 0.6 is 12.6 Å². The predicted molar refractivity (Wildman–Crippen MR) is 88.7 cm³/mol. The average molecular weight is 343 g/mol. The molecular weight excluding hydrogens is 314 g/mol. The Morgan fingerprint density at radius 3 is 2.74 bits per heavy atom. The summed E-state index contributed by atoms with van der Waals surface area (Å²) < 4.78 is 12.7. The molecule has 1 spiro atoms. The molecule has 0 aromatic heterocycles. The summed E-state index contributed by atoms with van der Waals surface area (Å²) in [6.45, 7) is 7.40. The van der Waals surface area contributed by atoms with Gasteiger partial charge in [-0.25, -0.2) is 9.78 Å². The molecule has 8 atom stereocenters. The van der Waals surface area contributed by atoms with E-state index >= 15 is 0 Å². The van der Waals surface area contributed by atoms with Crippen LogP contribution in [0.3, 0.4) is 0 Å². The summed E-state index contributed by atoms with van der Waals surface area (Å²) in [5.74, 6) is 1.90. The van der Waals surface area contributed by atoms with Crippen LogP contribution in [0.25, 0.3) is 0 Å². The predicted octanol–water partition coefficient (Wildman–Crippen LogP) is 2.71. The van der Waals surface area contributed by atoms with Crippen LogP contribution in [0, 0.1) is 23.7 Å². The SMILES string of the molecule is C[C@H]1C(NCCS)O[C@@H]2O[C@@]3(C)CC[C@H]4[C@H](C)CCC1[C@@]24OO3. The average Bonchev–Trinajstić information content (AvgIpc) is 2.76. The first-order valence-electron chi connectivity index (χ1n) is 9.04. The zero-order chi connectivity index (χ0) is 16.2. The zero-order valence-electron chi connectivity index (χ0n) is 14.3.